The van der Waals surface area contributed by atoms with E-state index in [-0.39, 0.29) is 5.78 Å². The molecule has 0 bridgehead atoms. The molecule has 86 valence electrons. The van der Waals surface area contributed by atoms with E-state index in [1.165, 1.54) is 0 Å². The van der Waals surface area contributed by atoms with Crippen LogP contribution >= 0.6 is 11.8 Å². The highest BCUT2D eigenvalue weighted by molar-refractivity contribution is 7.98. The highest BCUT2D eigenvalue weighted by Gasteiger charge is 2.19. The first kappa shape index (κ1) is 11.3. The third-order valence-electron chi connectivity index (χ3n) is 2.40. The molecule has 3 nitrogen and oxygen atoms in total. The van der Waals surface area contributed by atoms with Gasteiger partial charge in [0.05, 0.1) is 5.56 Å². The second-order valence-corrected chi connectivity index (χ2v) is 4.48. The van der Waals surface area contributed by atoms with Gasteiger partial charge in [-0.05, 0) is 18.4 Å². The minimum absolute atomic E-state index is 0.122. The molecule has 1 aliphatic rings. The molecular weight excluding hydrogens is 224 g/mol. The molecule has 0 saturated carbocycles. The fourth-order valence-corrected chi connectivity index (χ4v) is 2.01. The molecular formula is C12H14O3S. The molecule has 0 N–H and O–H groups in total. The SMILES string of the molecule is CSCCC(=O)c1cccc2c1OCCO2. The molecule has 0 saturated heterocycles. The minimum atomic E-state index is 0.122. The van der Waals surface area contributed by atoms with Crippen molar-refractivity contribution in [2.24, 2.45) is 0 Å². The van der Waals surface area contributed by atoms with E-state index < -0.39 is 0 Å². The zero-order valence-corrected chi connectivity index (χ0v) is 10.0. The average molecular weight is 238 g/mol. The molecule has 1 heterocycles. The van der Waals surface area contributed by atoms with Crippen molar-refractivity contribution >= 4 is 17.5 Å². The van der Waals surface area contributed by atoms with Gasteiger partial charge in [-0.2, -0.15) is 11.8 Å². The third-order valence-corrected chi connectivity index (χ3v) is 3.01. The number of thioether (sulfide) groups is 1. The van der Waals surface area contributed by atoms with Crippen LogP contribution in [0.25, 0.3) is 0 Å². The molecule has 0 unspecified atom stereocenters. The fraction of sp³-hybridized carbons (Fsp3) is 0.417. The van der Waals surface area contributed by atoms with Crippen LogP contribution in [0.5, 0.6) is 11.5 Å². The monoisotopic (exact) mass is 238 g/mol. The number of ketones is 1. The predicted molar refractivity (Wildman–Crippen MR) is 64.8 cm³/mol. The number of carbonyl (C=O) groups is 1. The van der Waals surface area contributed by atoms with Crippen LogP contribution in [0.1, 0.15) is 16.8 Å². The standard InChI is InChI=1S/C12H14O3S/c1-16-8-5-10(13)9-3-2-4-11-12(9)15-7-6-14-11/h2-4H,5-8H2,1H3. The normalized spacial score (nSPS) is 13.6. The van der Waals surface area contributed by atoms with Crippen LogP contribution in [0, 0.1) is 0 Å². The summed E-state index contributed by atoms with van der Waals surface area (Å²) in [6.45, 7) is 1.06. The van der Waals surface area contributed by atoms with E-state index in [0.717, 1.165) is 5.75 Å². The molecule has 0 atom stereocenters. The molecule has 0 aliphatic carbocycles. The fourth-order valence-electron chi connectivity index (χ4n) is 1.62. The van der Waals surface area contributed by atoms with Gasteiger partial charge in [0.15, 0.2) is 17.3 Å². The number of benzene rings is 1. The number of hydrogen-bond acceptors (Lipinski definition) is 4. The van der Waals surface area contributed by atoms with E-state index in [1.807, 2.05) is 18.4 Å². The van der Waals surface area contributed by atoms with Crippen molar-refractivity contribution in [3.8, 4) is 11.5 Å². The quantitative estimate of drug-likeness (QED) is 0.755. The summed E-state index contributed by atoms with van der Waals surface area (Å²) in [5.74, 6) is 2.25. The first-order chi connectivity index (χ1) is 7.83. The van der Waals surface area contributed by atoms with Crippen molar-refractivity contribution in [3.63, 3.8) is 0 Å². The zero-order chi connectivity index (χ0) is 11.4. The molecule has 0 radical (unpaired) electrons. The smallest absolute Gasteiger partial charge is 0.172 e. The summed E-state index contributed by atoms with van der Waals surface area (Å²) in [7, 11) is 0. The molecule has 16 heavy (non-hydrogen) atoms. The Hall–Kier alpha value is -1.16. The predicted octanol–water partition coefficient (Wildman–Crippen LogP) is 2.39. The van der Waals surface area contributed by atoms with Gasteiger partial charge in [0.2, 0.25) is 0 Å². The summed E-state index contributed by atoms with van der Waals surface area (Å²) in [5.41, 5.74) is 0.645. The molecule has 0 aromatic heterocycles. The Balaban J connectivity index is 2.23. The molecule has 4 heteroatoms. The van der Waals surface area contributed by atoms with Crippen molar-refractivity contribution in [2.45, 2.75) is 6.42 Å². The molecule has 1 aromatic carbocycles. The lowest BCUT2D eigenvalue weighted by Crippen LogP contribution is -2.17. The van der Waals surface area contributed by atoms with Gasteiger partial charge in [-0.3, -0.25) is 4.79 Å². The largest absolute Gasteiger partial charge is 0.486 e. The van der Waals surface area contributed by atoms with Crippen LogP contribution in [-0.2, 0) is 0 Å². The Bertz CT molecular complexity index is 390. The van der Waals surface area contributed by atoms with E-state index in [2.05, 4.69) is 0 Å². The lowest BCUT2D eigenvalue weighted by molar-refractivity contribution is 0.0978. The van der Waals surface area contributed by atoms with E-state index in [0.29, 0.717) is 36.7 Å². The Labute approximate surface area is 99.1 Å². The van der Waals surface area contributed by atoms with E-state index in [1.54, 1.807) is 17.8 Å². The van der Waals surface area contributed by atoms with Crippen LogP contribution in [0.3, 0.4) is 0 Å². The van der Waals surface area contributed by atoms with Gasteiger partial charge < -0.3 is 9.47 Å². The number of rotatable bonds is 4. The number of hydrogen-bond donors (Lipinski definition) is 0. The Morgan fingerprint density at radius 2 is 2.19 bits per heavy atom. The summed E-state index contributed by atoms with van der Waals surface area (Å²) < 4.78 is 10.9. The topological polar surface area (TPSA) is 35.5 Å². The van der Waals surface area contributed by atoms with E-state index in [9.17, 15) is 4.79 Å². The maximum absolute atomic E-state index is 11.9. The number of para-hydroxylation sites is 1. The molecule has 0 fully saturated rings. The Morgan fingerprint density at radius 3 is 3.00 bits per heavy atom. The second-order valence-electron chi connectivity index (χ2n) is 3.50. The molecule has 1 aromatic rings. The van der Waals surface area contributed by atoms with E-state index >= 15 is 0 Å². The molecule has 0 amide bonds. The molecule has 1 aliphatic heterocycles. The number of Topliss-reactive ketones (excluding diaryl/α,β-unsaturated/α-hetero) is 1. The highest BCUT2D eigenvalue weighted by atomic mass is 32.2. The van der Waals surface area contributed by atoms with Crippen molar-refractivity contribution in [1.82, 2.24) is 0 Å². The van der Waals surface area contributed by atoms with Gasteiger partial charge in [-0.25, -0.2) is 0 Å². The highest BCUT2D eigenvalue weighted by Crippen LogP contribution is 2.34. The van der Waals surface area contributed by atoms with Gasteiger partial charge in [0, 0.05) is 12.2 Å². The van der Waals surface area contributed by atoms with Crippen LogP contribution in [0.4, 0.5) is 0 Å². The van der Waals surface area contributed by atoms with Gasteiger partial charge in [-0.1, -0.05) is 6.07 Å². The van der Waals surface area contributed by atoms with Gasteiger partial charge >= 0.3 is 0 Å². The summed E-state index contributed by atoms with van der Waals surface area (Å²) in [5, 5.41) is 0. The molecule has 2 rings (SSSR count). The minimum Gasteiger partial charge on any atom is -0.486 e. The first-order valence-electron chi connectivity index (χ1n) is 5.23. The lowest BCUT2D eigenvalue weighted by Gasteiger charge is -2.20. The lowest BCUT2D eigenvalue weighted by atomic mass is 10.1. The summed E-state index contributed by atoms with van der Waals surface area (Å²) in [6, 6.07) is 5.47. The van der Waals surface area contributed by atoms with Crippen LogP contribution in [0.2, 0.25) is 0 Å². The Kier molecular flexibility index (Phi) is 3.72. The van der Waals surface area contributed by atoms with Crippen LogP contribution < -0.4 is 9.47 Å². The van der Waals surface area contributed by atoms with E-state index in [4.69, 9.17) is 9.47 Å². The van der Waals surface area contributed by atoms with Crippen molar-refractivity contribution in [2.75, 3.05) is 25.2 Å². The number of carbonyl (C=O) groups excluding carboxylic acids is 1. The third kappa shape index (κ3) is 2.32. The van der Waals surface area contributed by atoms with Crippen molar-refractivity contribution in [3.05, 3.63) is 23.8 Å². The van der Waals surface area contributed by atoms with Crippen LogP contribution in [-0.4, -0.2) is 31.0 Å². The zero-order valence-electron chi connectivity index (χ0n) is 9.19. The maximum Gasteiger partial charge on any atom is 0.172 e. The van der Waals surface area contributed by atoms with Gasteiger partial charge in [0.1, 0.15) is 13.2 Å². The van der Waals surface area contributed by atoms with Gasteiger partial charge in [-0.15, -0.1) is 0 Å². The van der Waals surface area contributed by atoms with Gasteiger partial charge in [0.25, 0.3) is 0 Å². The van der Waals surface area contributed by atoms with Crippen LogP contribution in [0.15, 0.2) is 18.2 Å². The summed E-state index contributed by atoms with van der Waals surface area (Å²) >= 11 is 1.67. The summed E-state index contributed by atoms with van der Waals surface area (Å²) in [6.07, 6.45) is 2.54. The average Bonchev–Trinajstić information content (AvgIpc) is 2.35. The summed E-state index contributed by atoms with van der Waals surface area (Å²) in [4.78, 5) is 11.9. The second kappa shape index (κ2) is 5.25. The van der Waals surface area contributed by atoms with Crippen molar-refractivity contribution < 1.29 is 14.3 Å². The maximum atomic E-state index is 11.9. The molecule has 0 spiro atoms. The number of ether oxygens (including phenoxy) is 2. The number of fused-ring (bicyclic) bond motifs is 1. The Morgan fingerprint density at radius 1 is 1.38 bits per heavy atom. The first-order valence-corrected chi connectivity index (χ1v) is 6.63. The van der Waals surface area contributed by atoms with Crippen molar-refractivity contribution in [1.29, 1.82) is 0 Å².